The van der Waals surface area contributed by atoms with Crippen molar-refractivity contribution in [3.05, 3.63) is 191 Å². The Bertz CT molecular complexity index is 2920. The van der Waals surface area contributed by atoms with Crippen LogP contribution in [0.4, 0.5) is 63.1 Å². The van der Waals surface area contributed by atoms with Gasteiger partial charge in [0.1, 0.15) is 47.5 Å². The molecule has 0 saturated carbocycles. The molecule has 0 bridgehead atoms. The first kappa shape index (κ1) is 39.3. The van der Waals surface area contributed by atoms with Crippen LogP contribution in [0.3, 0.4) is 0 Å². The number of fused-ring (bicyclic) bond motifs is 2. The Morgan fingerprint density at radius 1 is 0.355 bits per heavy atom. The fourth-order valence-corrected chi connectivity index (χ4v) is 13.8. The molecule has 7 aromatic carbocycles. The number of rotatable bonds is 6. The van der Waals surface area contributed by atoms with Crippen LogP contribution in [-0.4, -0.2) is 0 Å². The average molecular weight is 859 g/mol. The number of nitriles is 4. The minimum absolute atomic E-state index is 0.00210. The van der Waals surface area contributed by atoms with Crippen molar-refractivity contribution in [3.63, 3.8) is 0 Å². The third kappa shape index (κ3) is 5.82. The standard InChI is InChI=1S/C46H24F4N8O2P2/c47-39-19-33(15-11-29(39)25-51)55-43-23-45-46(24-44(43)56(34-16-12-30(26-52)40(48)20-34)61(55,59)37-7-3-1-4-8-37)58(36-18-14-32(28-54)42(50)22-36)62(60,38-9-5-2-6-10-38)57(45)35-17-13-31(27-53)41(49)21-35/h1-24H. The van der Waals surface area contributed by atoms with E-state index in [2.05, 4.69) is 0 Å². The summed E-state index contributed by atoms with van der Waals surface area (Å²) in [5.74, 6) is -3.75. The lowest BCUT2D eigenvalue weighted by Gasteiger charge is -2.34. The molecule has 0 unspecified atom stereocenters. The molecule has 2 aliphatic rings. The van der Waals surface area contributed by atoms with Gasteiger partial charge in [0, 0.05) is 0 Å². The highest BCUT2D eigenvalue weighted by molar-refractivity contribution is 7.76. The molecule has 16 heteroatoms. The van der Waals surface area contributed by atoms with Gasteiger partial charge in [0.25, 0.3) is 0 Å². The van der Waals surface area contributed by atoms with Crippen LogP contribution in [0, 0.1) is 68.6 Å². The molecular weight excluding hydrogens is 834 g/mol. The minimum atomic E-state index is -4.42. The van der Waals surface area contributed by atoms with E-state index in [1.807, 2.05) is 0 Å². The van der Waals surface area contributed by atoms with Gasteiger partial charge in [-0.2, -0.15) is 21.0 Å². The van der Waals surface area contributed by atoms with Crippen molar-refractivity contribution in [2.75, 3.05) is 18.7 Å². The number of benzene rings is 7. The first-order valence-electron chi connectivity index (χ1n) is 18.5. The second-order valence-corrected chi connectivity index (χ2v) is 18.7. The van der Waals surface area contributed by atoms with Crippen LogP contribution < -0.4 is 29.3 Å². The van der Waals surface area contributed by atoms with Crippen molar-refractivity contribution in [3.8, 4) is 24.3 Å². The predicted octanol–water partition coefficient (Wildman–Crippen LogP) is 11.3. The van der Waals surface area contributed by atoms with Gasteiger partial charge in [-0.1, -0.05) is 36.4 Å². The lowest BCUT2D eigenvalue weighted by atomic mass is 10.1. The molecule has 0 N–H and O–H groups in total. The van der Waals surface area contributed by atoms with Crippen molar-refractivity contribution in [1.29, 1.82) is 21.0 Å². The van der Waals surface area contributed by atoms with Crippen LogP contribution in [0.5, 0.6) is 0 Å². The van der Waals surface area contributed by atoms with E-state index in [0.717, 1.165) is 24.3 Å². The van der Waals surface area contributed by atoms with E-state index in [1.54, 1.807) is 84.9 Å². The summed E-state index contributed by atoms with van der Waals surface area (Å²) in [6.45, 7) is 0. The fourth-order valence-electron chi connectivity index (χ4n) is 7.79. The monoisotopic (exact) mass is 858 g/mol. The second-order valence-electron chi connectivity index (χ2n) is 13.9. The number of nitrogens with zero attached hydrogens (tertiary/aromatic N) is 8. The molecule has 9 rings (SSSR count). The largest absolute Gasteiger partial charge is 0.301 e. The van der Waals surface area contributed by atoms with E-state index in [0.29, 0.717) is 0 Å². The molecule has 10 nitrogen and oxygen atoms in total. The maximum Gasteiger partial charge on any atom is 0.301 e. The van der Waals surface area contributed by atoms with Gasteiger partial charge < -0.3 is 0 Å². The van der Waals surface area contributed by atoms with E-state index < -0.39 is 38.2 Å². The molecule has 62 heavy (non-hydrogen) atoms. The molecule has 0 atom stereocenters. The number of anilines is 8. The lowest BCUT2D eigenvalue weighted by molar-refractivity contribution is 0.581. The first-order valence-corrected chi connectivity index (χ1v) is 21.7. The Balaban J connectivity index is 1.44. The molecule has 0 aliphatic carbocycles. The SMILES string of the molecule is N#Cc1ccc(N2c3cc4c(cc3N(c3ccc(C#N)c(F)c3)P2(=O)c2ccccc2)N(c2ccc(C#N)c(F)c2)P(=O)(c2ccccc2)N4c2ccc(C#N)c(F)c2)cc1F. The molecule has 7 aromatic rings. The van der Waals surface area contributed by atoms with E-state index in [9.17, 15) is 21.0 Å². The normalized spacial score (nSPS) is 14.3. The summed E-state index contributed by atoms with van der Waals surface area (Å²) < 4.78 is 101. The first-order chi connectivity index (χ1) is 30.0. The molecule has 2 heterocycles. The van der Waals surface area contributed by atoms with Gasteiger partial charge in [0.2, 0.25) is 0 Å². The van der Waals surface area contributed by atoms with Gasteiger partial charge in [-0.15, -0.1) is 0 Å². The summed E-state index contributed by atoms with van der Waals surface area (Å²) in [6, 6.07) is 40.9. The molecule has 0 spiro atoms. The number of hydrogen-bond acceptors (Lipinski definition) is 6. The number of halogens is 4. The second kappa shape index (κ2) is 14.9. The highest BCUT2D eigenvalue weighted by Gasteiger charge is 2.54. The molecule has 0 amide bonds. The summed E-state index contributed by atoms with van der Waals surface area (Å²) in [5.41, 5.74) is -0.834. The van der Waals surface area contributed by atoms with Crippen LogP contribution in [0.1, 0.15) is 22.3 Å². The molecule has 0 aromatic heterocycles. The molecule has 2 aliphatic heterocycles. The Morgan fingerprint density at radius 3 is 0.806 bits per heavy atom. The van der Waals surface area contributed by atoms with Crippen LogP contribution in [-0.2, 0) is 9.13 Å². The molecule has 0 saturated heterocycles. The smallest absolute Gasteiger partial charge is 0.269 e. The minimum Gasteiger partial charge on any atom is -0.269 e. The highest BCUT2D eigenvalue weighted by atomic mass is 31.2. The zero-order chi connectivity index (χ0) is 43.5. The maximum absolute atomic E-state index is 16.5. The van der Waals surface area contributed by atoms with Crippen LogP contribution in [0.25, 0.3) is 0 Å². The molecule has 298 valence electrons. The molecule has 0 fully saturated rings. The molecular formula is C46H24F4N8O2P2. The summed E-state index contributed by atoms with van der Waals surface area (Å²) in [5, 5.41) is 38.9. The van der Waals surface area contributed by atoms with Crippen molar-refractivity contribution in [2.45, 2.75) is 0 Å². The van der Waals surface area contributed by atoms with Crippen molar-refractivity contribution >= 4 is 71.0 Å². The van der Waals surface area contributed by atoms with Crippen LogP contribution in [0.2, 0.25) is 0 Å². The van der Waals surface area contributed by atoms with Crippen LogP contribution >= 0.6 is 14.9 Å². The van der Waals surface area contributed by atoms with E-state index in [4.69, 9.17) is 0 Å². The van der Waals surface area contributed by atoms with Gasteiger partial charge in [-0.25, -0.2) is 17.6 Å². The van der Waals surface area contributed by atoms with Crippen molar-refractivity contribution in [2.24, 2.45) is 0 Å². The van der Waals surface area contributed by atoms with Crippen molar-refractivity contribution < 1.29 is 26.7 Å². The average Bonchev–Trinajstić information content (AvgIpc) is 3.70. The Morgan fingerprint density at radius 2 is 0.597 bits per heavy atom. The predicted molar refractivity (Wildman–Crippen MR) is 227 cm³/mol. The third-order valence-corrected chi connectivity index (χ3v) is 16.4. The lowest BCUT2D eigenvalue weighted by Crippen LogP contribution is -2.27. The van der Waals surface area contributed by atoms with E-state index >= 15 is 26.7 Å². The topological polar surface area (TPSA) is 142 Å². The zero-order valence-corrected chi connectivity index (χ0v) is 33.4. The zero-order valence-electron chi connectivity index (χ0n) is 31.7. The van der Waals surface area contributed by atoms with Crippen molar-refractivity contribution in [1.82, 2.24) is 0 Å². The van der Waals surface area contributed by atoms with Gasteiger partial charge in [-0.3, -0.25) is 27.8 Å². The molecule has 0 radical (unpaired) electrons. The quantitative estimate of drug-likeness (QED) is 0.117. The summed E-state index contributed by atoms with van der Waals surface area (Å²) >= 11 is 0. The Labute approximate surface area is 351 Å². The fraction of sp³-hybridized carbons (Fsp3) is 0. The maximum atomic E-state index is 16.5. The Kier molecular flexibility index (Phi) is 9.43. The van der Waals surface area contributed by atoms with Gasteiger partial charge >= 0.3 is 14.9 Å². The third-order valence-electron chi connectivity index (χ3n) is 10.5. The van der Waals surface area contributed by atoms with Gasteiger partial charge in [0.05, 0.1) is 78.4 Å². The summed E-state index contributed by atoms with van der Waals surface area (Å²) in [4.78, 5) is 0. The Hall–Kier alpha value is -8.12. The van der Waals surface area contributed by atoms with Gasteiger partial charge in [-0.05, 0) is 109 Å². The summed E-state index contributed by atoms with van der Waals surface area (Å²) in [7, 11) is -8.85. The van der Waals surface area contributed by atoms with E-state index in [-0.39, 0.29) is 78.4 Å². The van der Waals surface area contributed by atoms with Crippen LogP contribution in [0.15, 0.2) is 146 Å². The van der Waals surface area contributed by atoms with E-state index in [1.165, 1.54) is 79.3 Å². The number of hydrogen-bond donors (Lipinski definition) is 0. The summed E-state index contributed by atoms with van der Waals surface area (Å²) in [6.07, 6.45) is 0. The highest BCUT2D eigenvalue weighted by Crippen LogP contribution is 2.76. The van der Waals surface area contributed by atoms with Gasteiger partial charge in [0.15, 0.2) is 0 Å².